The number of carboxylic acids is 3. The molecule has 1 amide bonds. The average molecular weight is 544 g/mol. The molecule has 9 heteroatoms. The molecule has 38 heavy (non-hydrogen) atoms. The van der Waals surface area contributed by atoms with Crippen LogP contribution in [0.5, 0.6) is 0 Å². The third kappa shape index (κ3) is 13.1. The van der Waals surface area contributed by atoms with E-state index in [-0.39, 0.29) is 25.3 Å². The monoisotopic (exact) mass is 543 g/mol. The van der Waals surface area contributed by atoms with Crippen LogP contribution >= 0.6 is 0 Å². The van der Waals surface area contributed by atoms with Crippen LogP contribution in [0.25, 0.3) is 0 Å². The van der Waals surface area contributed by atoms with Crippen LogP contribution in [-0.2, 0) is 19.2 Å². The van der Waals surface area contributed by atoms with Crippen molar-refractivity contribution in [2.45, 2.75) is 142 Å². The molecular formula is C29H53NO8. The minimum Gasteiger partial charge on any atom is -0.481 e. The van der Waals surface area contributed by atoms with Gasteiger partial charge < -0.3 is 25.7 Å². The van der Waals surface area contributed by atoms with E-state index in [4.69, 9.17) is 0 Å². The molecule has 0 fully saturated rings. The SMILES string of the molecule is CCCCCCCCCCCCCCCCCC(=O)NCCCC(C(=O)O)C(O)(C(=O)O)C(C)(C)C(=O)O. The number of amides is 1. The summed E-state index contributed by atoms with van der Waals surface area (Å²) >= 11 is 0. The Bertz CT molecular complexity index is 709. The summed E-state index contributed by atoms with van der Waals surface area (Å²) < 4.78 is 0. The van der Waals surface area contributed by atoms with Gasteiger partial charge >= 0.3 is 17.9 Å². The highest BCUT2D eigenvalue weighted by Gasteiger charge is 2.61. The minimum atomic E-state index is -3.01. The van der Waals surface area contributed by atoms with Crippen LogP contribution < -0.4 is 5.32 Å². The van der Waals surface area contributed by atoms with Crippen molar-refractivity contribution in [1.29, 1.82) is 0 Å². The second-order valence-electron chi connectivity index (χ2n) is 11.1. The number of hydrogen-bond acceptors (Lipinski definition) is 5. The first-order chi connectivity index (χ1) is 17.9. The fraction of sp³-hybridized carbons (Fsp3) is 0.862. The molecule has 2 atom stereocenters. The van der Waals surface area contributed by atoms with Gasteiger partial charge in [0, 0.05) is 13.0 Å². The second-order valence-corrected chi connectivity index (χ2v) is 11.1. The van der Waals surface area contributed by atoms with Crippen molar-refractivity contribution >= 4 is 23.8 Å². The second kappa shape index (κ2) is 19.8. The molecule has 0 aliphatic rings. The number of unbranched alkanes of at least 4 members (excludes halogenated alkanes) is 14. The van der Waals surface area contributed by atoms with Gasteiger partial charge in [0.1, 0.15) is 5.41 Å². The molecule has 0 aromatic heterocycles. The van der Waals surface area contributed by atoms with Gasteiger partial charge in [0.25, 0.3) is 0 Å². The molecule has 0 heterocycles. The summed E-state index contributed by atoms with van der Waals surface area (Å²) in [5.41, 5.74) is -5.25. The Morgan fingerprint density at radius 2 is 1.08 bits per heavy atom. The maximum atomic E-state index is 12.1. The topological polar surface area (TPSA) is 161 Å². The summed E-state index contributed by atoms with van der Waals surface area (Å²) in [7, 11) is 0. The van der Waals surface area contributed by atoms with Gasteiger partial charge in [0.15, 0.2) is 5.60 Å². The van der Waals surface area contributed by atoms with E-state index in [1.165, 1.54) is 77.0 Å². The van der Waals surface area contributed by atoms with E-state index in [0.29, 0.717) is 6.42 Å². The number of carboxylic acid groups (broad SMARTS) is 3. The lowest BCUT2D eigenvalue weighted by atomic mass is 9.66. The molecule has 0 spiro atoms. The molecule has 0 aliphatic heterocycles. The fourth-order valence-corrected chi connectivity index (χ4v) is 4.81. The lowest BCUT2D eigenvalue weighted by Gasteiger charge is -2.39. The van der Waals surface area contributed by atoms with Crippen LogP contribution in [-0.4, -0.2) is 56.4 Å². The molecule has 2 unspecified atom stereocenters. The summed E-state index contributed by atoms with van der Waals surface area (Å²) in [6.07, 6.45) is 18.8. The third-order valence-electron chi connectivity index (χ3n) is 7.62. The van der Waals surface area contributed by atoms with Crippen molar-refractivity contribution in [2.24, 2.45) is 11.3 Å². The number of hydrogen-bond donors (Lipinski definition) is 5. The van der Waals surface area contributed by atoms with E-state index >= 15 is 0 Å². The largest absolute Gasteiger partial charge is 0.481 e. The smallest absolute Gasteiger partial charge is 0.337 e. The summed E-state index contributed by atoms with van der Waals surface area (Å²) in [5.74, 6) is -7.14. The molecule has 0 saturated heterocycles. The van der Waals surface area contributed by atoms with E-state index in [9.17, 15) is 39.6 Å². The first kappa shape index (κ1) is 35.8. The third-order valence-corrected chi connectivity index (χ3v) is 7.62. The average Bonchev–Trinajstić information content (AvgIpc) is 2.85. The Morgan fingerprint density at radius 3 is 1.45 bits per heavy atom. The van der Waals surface area contributed by atoms with Gasteiger partial charge in [0.2, 0.25) is 5.91 Å². The first-order valence-electron chi connectivity index (χ1n) is 14.6. The highest BCUT2D eigenvalue weighted by molar-refractivity contribution is 5.92. The zero-order chi connectivity index (χ0) is 29.0. The van der Waals surface area contributed by atoms with E-state index in [1.807, 2.05) is 0 Å². The minimum absolute atomic E-state index is 0.0901. The number of carbonyl (C=O) groups excluding carboxylic acids is 1. The zero-order valence-electron chi connectivity index (χ0n) is 23.9. The Morgan fingerprint density at radius 1 is 0.658 bits per heavy atom. The molecule has 222 valence electrons. The molecule has 9 nitrogen and oxygen atoms in total. The van der Waals surface area contributed by atoms with Crippen LogP contribution in [0.4, 0.5) is 0 Å². The molecule has 0 aromatic carbocycles. The van der Waals surface area contributed by atoms with Crippen molar-refractivity contribution in [3.8, 4) is 0 Å². The van der Waals surface area contributed by atoms with E-state index in [2.05, 4.69) is 12.2 Å². The number of rotatable bonds is 25. The van der Waals surface area contributed by atoms with Crippen molar-refractivity contribution in [2.75, 3.05) is 6.54 Å². The lowest BCUT2D eigenvalue weighted by Crippen LogP contribution is -2.61. The van der Waals surface area contributed by atoms with Gasteiger partial charge in [-0.25, -0.2) is 4.79 Å². The van der Waals surface area contributed by atoms with Crippen molar-refractivity contribution < 1.29 is 39.6 Å². The molecule has 0 bridgehead atoms. The Hall–Kier alpha value is -2.16. The van der Waals surface area contributed by atoms with Crippen molar-refractivity contribution in [3.63, 3.8) is 0 Å². The van der Waals surface area contributed by atoms with Crippen molar-refractivity contribution in [3.05, 3.63) is 0 Å². The van der Waals surface area contributed by atoms with Gasteiger partial charge in [-0.3, -0.25) is 14.4 Å². The lowest BCUT2D eigenvalue weighted by molar-refractivity contribution is -0.200. The Balaban J connectivity index is 4.02. The normalized spacial score (nSPS) is 14.0. The van der Waals surface area contributed by atoms with Gasteiger partial charge in [-0.2, -0.15) is 0 Å². The number of aliphatic carboxylic acids is 3. The number of aliphatic hydroxyl groups is 1. The number of nitrogens with one attached hydrogen (secondary N) is 1. The van der Waals surface area contributed by atoms with Crippen LogP contribution in [0.3, 0.4) is 0 Å². The maximum absolute atomic E-state index is 12.1. The predicted octanol–water partition coefficient (Wildman–Crippen LogP) is 5.77. The molecule has 0 aliphatic carbocycles. The Kier molecular flexibility index (Phi) is 18.7. The van der Waals surface area contributed by atoms with Gasteiger partial charge in [-0.15, -0.1) is 0 Å². The maximum Gasteiger partial charge on any atom is 0.337 e. The van der Waals surface area contributed by atoms with Gasteiger partial charge in [-0.05, 0) is 33.1 Å². The van der Waals surface area contributed by atoms with Crippen LogP contribution in [0, 0.1) is 11.3 Å². The molecule has 5 N–H and O–H groups in total. The van der Waals surface area contributed by atoms with Gasteiger partial charge in [-0.1, -0.05) is 96.8 Å². The number of carbonyl (C=O) groups is 4. The highest BCUT2D eigenvalue weighted by Crippen LogP contribution is 2.40. The summed E-state index contributed by atoms with van der Waals surface area (Å²) in [4.78, 5) is 47.0. The molecule has 0 radical (unpaired) electrons. The Labute approximate surface area is 228 Å². The zero-order valence-corrected chi connectivity index (χ0v) is 23.9. The molecule has 0 rings (SSSR count). The first-order valence-corrected chi connectivity index (χ1v) is 14.6. The molecular weight excluding hydrogens is 490 g/mol. The van der Waals surface area contributed by atoms with Crippen LogP contribution in [0.2, 0.25) is 0 Å². The van der Waals surface area contributed by atoms with E-state index in [0.717, 1.165) is 33.1 Å². The fourth-order valence-electron chi connectivity index (χ4n) is 4.81. The molecule has 0 aromatic rings. The highest BCUT2D eigenvalue weighted by atomic mass is 16.4. The predicted molar refractivity (Wildman–Crippen MR) is 147 cm³/mol. The van der Waals surface area contributed by atoms with Crippen LogP contribution in [0.1, 0.15) is 136 Å². The van der Waals surface area contributed by atoms with Crippen LogP contribution in [0.15, 0.2) is 0 Å². The van der Waals surface area contributed by atoms with E-state index in [1.54, 1.807) is 0 Å². The molecule has 0 saturated carbocycles. The van der Waals surface area contributed by atoms with Gasteiger partial charge in [0.05, 0.1) is 5.92 Å². The van der Waals surface area contributed by atoms with Crippen molar-refractivity contribution in [1.82, 2.24) is 5.32 Å². The summed E-state index contributed by atoms with van der Waals surface area (Å²) in [5, 5.41) is 41.7. The summed E-state index contributed by atoms with van der Waals surface area (Å²) in [6.45, 7) is 4.33. The summed E-state index contributed by atoms with van der Waals surface area (Å²) in [6, 6.07) is 0. The van der Waals surface area contributed by atoms with E-state index < -0.39 is 34.8 Å². The quantitative estimate of drug-likeness (QED) is 0.0906. The standard InChI is InChI=1S/C29H53NO8/c1-4-5-6-7-8-9-10-11-12-13-14-15-16-17-18-21-24(31)30-22-19-20-23(25(32)33)29(38,27(36)37)28(2,3)26(34)35/h23,38H,4-22H2,1-3H3,(H,30,31)(H,32,33)(H,34,35)(H,36,37).